The standard InChI is InChI=1S/C51H33N5/c1-4-14-35(15-5-1)49-52-50(36-16-6-2-7-17-36)54-51(53-49)38-27-31-48-44(33-38)43-32-37(26-30-47(43)55(48)39-18-8-3-9-19-39)34-24-28-40(29-25-34)56-45-22-12-10-20-41(45)42-21-11-13-23-46(42)56/h1-33H. The first-order chi connectivity index (χ1) is 27.8. The first kappa shape index (κ1) is 31.9. The summed E-state index contributed by atoms with van der Waals surface area (Å²) in [4.78, 5) is 15.0. The number of nitrogens with zero attached hydrogens (tertiary/aromatic N) is 5. The van der Waals surface area contributed by atoms with E-state index in [0.717, 1.165) is 61.0 Å². The molecule has 3 aromatic heterocycles. The van der Waals surface area contributed by atoms with Gasteiger partial charge in [0.25, 0.3) is 0 Å². The van der Waals surface area contributed by atoms with Crippen molar-refractivity contribution in [1.29, 1.82) is 0 Å². The molecule has 0 unspecified atom stereocenters. The van der Waals surface area contributed by atoms with Crippen molar-refractivity contribution in [3.8, 4) is 56.7 Å². The molecule has 0 saturated carbocycles. The van der Waals surface area contributed by atoms with Crippen molar-refractivity contribution in [2.45, 2.75) is 0 Å². The van der Waals surface area contributed by atoms with Gasteiger partial charge in [-0.1, -0.05) is 133 Å². The molecule has 11 rings (SSSR count). The summed E-state index contributed by atoms with van der Waals surface area (Å²) >= 11 is 0. The first-order valence-electron chi connectivity index (χ1n) is 18.9. The van der Waals surface area contributed by atoms with Crippen LogP contribution in [0.3, 0.4) is 0 Å². The van der Waals surface area contributed by atoms with Gasteiger partial charge in [-0.25, -0.2) is 15.0 Å². The van der Waals surface area contributed by atoms with E-state index in [9.17, 15) is 0 Å². The smallest absolute Gasteiger partial charge is 0.164 e. The Balaban J connectivity index is 1.07. The van der Waals surface area contributed by atoms with Gasteiger partial charge in [0, 0.05) is 49.6 Å². The lowest BCUT2D eigenvalue weighted by Gasteiger charge is -2.10. The highest BCUT2D eigenvalue weighted by atomic mass is 15.0. The van der Waals surface area contributed by atoms with E-state index >= 15 is 0 Å². The van der Waals surface area contributed by atoms with Gasteiger partial charge in [0.15, 0.2) is 17.5 Å². The molecule has 262 valence electrons. The summed E-state index contributed by atoms with van der Waals surface area (Å²) in [5.74, 6) is 1.93. The van der Waals surface area contributed by atoms with Crippen LogP contribution in [0.25, 0.3) is 100 Å². The van der Waals surface area contributed by atoms with Crippen LogP contribution >= 0.6 is 0 Å². The Labute approximate surface area is 323 Å². The minimum atomic E-state index is 0.636. The Morgan fingerprint density at radius 1 is 0.250 bits per heavy atom. The van der Waals surface area contributed by atoms with Crippen molar-refractivity contribution in [3.05, 3.63) is 200 Å². The number of rotatable bonds is 6. The van der Waals surface area contributed by atoms with Gasteiger partial charge < -0.3 is 9.13 Å². The largest absolute Gasteiger partial charge is 0.309 e. The maximum absolute atomic E-state index is 5.05. The summed E-state index contributed by atoms with van der Waals surface area (Å²) in [6, 6.07) is 70.5. The fraction of sp³-hybridized carbons (Fsp3) is 0. The SMILES string of the molecule is c1ccc(-c2nc(-c3ccccc3)nc(-c3ccc4c(c3)c3cc(-c5ccc(-n6c7ccccc7c7ccccc76)cc5)ccc3n4-c3ccccc3)n2)cc1. The fourth-order valence-corrected chi connectivity index (χ4v) is 8.14. The van der Waals surface area contributed by atoms with Gasteiger partial charge in [0.2, 0.25) is 0 Å². The lowest BCUT2D eigenvalue weighted by atomic mass is 10.0. The van der Waals surface area contributed by atoms with Crippen molar-refractivity contribution < 1.29 is 0 Å². The van der Waals surface area contributed by atoms with Crippen LogP contribution in [0.2, 0.25) is 0 Å². The molecule has 5 heteroatoms. The molecule has 0 fully saturated rings. The summed E-state index contributed by atoms with van der Waals surface area (Å²) in [6.45, 7) is 0. The second-order valence-corrected chi connectivity index (χ2v) is 14.1. The van der Waals surface area contributed by atoms with E-state index in [-0.39, 0.29) is 0 Å². The van der Waals surface area contributed by atoms with Crippen LogP contribution in [0.15, 0.2) is 200 Å². The highest BCUT2D eigenvalue weighted by molar-refractivity contribution is 6.12. The summed E-state index contributed by atoms with van der Waals surface area (Å²) in [6.07, 6.45) is 0. The molecular weight excluding hydrogens is 683 g/mol. The molecule has 0 bridgehead atoms. The van der Waals surface area contributed by atoms with Crippen LogP contribution in [0.5, 0.6) is 0 Å². The summed E-state index contributed by atoms with van der Waals surface area (Å²) in [5, 5.41) is 4.82. The molecule has 0 aliphatic rings. The molecule has 0 saturated heterocycles. The predicted octanol–water partition coefficient (Wildman–Crippen LogP) is 12.7. The summed E-state index contributed by atoms with van der Waals surface area (Å²) in [5.41, 5.74) is 12.1. The zero-order valence-electron chi connectivity index (χ0n) is 30.3. The Bertz CT molecular complexity index is 3110. The van der Waals surface area contributed by atoms with E-state index in [1.54, 1.807) is 0 Å². The zero-order chi connectivity index (χ0) is 37.0. The van der Waals surface area contributed by atoms with Crippen LogP contribution in [0, 0.1) is 0 Å². The average Bonchev–Trinajstić information content (AvgIpc) is 3.79. The van der Waals surface area contributed by atoms with Crippen LogP contribution in [-0.4, -0.2) is 24.1 Å². The van der Waals surface area contributed by atoms with E-state index in [1.165, 1.54) is 21.8 Å². The Hall–Kier alpha value is -7.63. The third-order valence-corrected chi connectivity index (χ3v) is 10.8. The molecule has 0 radical (unpaired) electrons. The van der Waals surface area contributed by atoms with Crippen molar-refractivity contribution in [3.63, 3.8) is 0 Å². The molecule has 56 heavy (non-hydrogen) atoms. The Morgan fingerprint density at radius 2 is 0.625 bits per heavy atom. The van der Waals surface area contributed by atoms with Gasteiger partial charge >= 0.3 is 0 Å². The molecule has 5 nitrogen and oxygen atoms in total. The van der Waals surface area contributed by atoms with E-state index in [4.69, 9.17) is 15.0 Å². The second-order valence-electron chi connectivity index (χ2n) is 14.1. The third-order valence-electron chi connectivity index (χ3n) is 10.8. The molecule has 0 aliphatic heterocycles. The van der Waals surface area contributed by atoms with Gasteiger partial charge in [-0.05, 0) is 77.9 Å². The number of benzene rings is 8. The van der Waals surface area contributed by atoms with E-state index in [1.807, 2.05) is 60.7 Å². The van der Waals surface area contributed by atoms with Crippen molar-refractivity contribution in [2.75, 3.05) is 0 Å². The van der Waals surface area contributed by atoms with Crippen LogP contribution in [-0.2, 0) is 0 Å². The maximum atomic E-state index is 5.05. The average molecular weight is 716 g/mol. The fourth-order valence-electron chi connectivity index (χ4n) is 8.14. The maximum Gasteiger partial charge on any atom is 0.164 e. The highest BCUT2D eigenvalue weighted by Crippen LogP contribution is 2.38. The van der Waals surface area contributed by atoms with E-state index in [0.29, 0.717) is 17.5 Å². The highest BCUT2D eigenvalue weighted by Gasteiger charge is 2.18. The van der Waals surface area contributed by atoms with Crippen LogP contribution < -0.4 is 0 Å². The van der Waals surface area contributed by atoms with E-state index < -0.39 is 0 Å². The number of aromatic nitrogens is 5. The van der Waals surface area contributed by atoms with Crippen LogP contribution in [0.1, 0.15) is 0 Å². The van der Waals surface area contributed by atoms with Crippen LogP contribution in [0.4, 0.5) is 0 Å². The number of fused-ring (bicyclic) bond motifs is 6. The molecule has 0 aliphatic carbocycles. The lowest BCUT2D eigenvalue weighted by molar-refractivity contribution is 1.07. The van der Waals surface area contributed by atoms with Gasteiger partial charge in [-0.2, -0.15) is 0 Å². The number of hydrogen-bond donors (Lipinski definition) is 0. The van der Waals surface area contributed by atoms with Crippen molar-refractivity contribution in [1.82, 2.24) is 24.1 Å². The normalized spacial score (nSPS) is 11.6. The second kappa shape index (κ2) is 13.0. The summed E-state index contributed by atoms with van der Waals surface area (Å²) < 4.78 is 4.71. The molecule has 0 amide bonds. The molecule has 0 N–H and O–H groups in total. The predicted molar refractivity (Wildman–Crippen MR) is 230 cm³/mol. The number of para-hydroxylation sites is 3. The first-order valence-corrected chi connectivity index (χ1v) is 18.9. The topological polar surface area (TPSA) is 48.5 Å². The van der Waals surface area contributed by atoms with Gasteiger partial charge in [0.05, 0.1) is 22.1 Å². The zero-order valence-corrected chi connectivity index (χ0v) is 30.3. The van der Waals surface area contributed by atoms with Crippen molar-refractivity contribution >= 4 is 43.6 Å². The molecule has 0 spiro atoms. The third kappa shape index (κ3) is 5.29. The number of hydrogen-bond acceptors (Lipinski definition) is 3. The Morgan fingerprint density at radius 3 is 1.16 bits per heavy atom. The van der Waals surface area contributed by atoms with E-state index in [2.05, 4.69) is 149 Å². The molecule has 8 aromatic carbocycles. The molecular formula is C51H33N5. The quantitative estimate of drug-likeness (QED) is 0.172. The Kier molecular flexibility index (Phi) is 7.42. The van der Waals surface area contributed by atoms with Gasteiger partial charge in [-0.3, -0.25) is 0 Å². The molecule has 11 aromatic rings. The van der Waals surface area contributed by atoms with Crippen molar-refractivity contribution in [2.24, 2.45) is 0 Å². The van der Waals surface area contributed by atoms with Gasteiger partial charge in [-0.15, -0.1) is 0 Å². The lowest BCUT2D eigenvalue weighted by Crippen LogP contribution is -2.00. The molecule has 3 heterocycles. The molecule has 0 atom stereocenters. The minimum absolute atomic E-state index is 0.636. The monoisotopic (exact) mass is 715 g/mol. The summed E-state index contributed by atoms with van der Waals surface area (Å²) in [7, 11) is 0. The minimum Gasteiger partial charge on any atom is -0.309 e. The van der Waals surface area contributed by atoms with Gasteiger partial charge in [0.1, 0.15) is 0 Å².